The van der Waals surface area contributed by atoms with Crippen molar-refractivity contribution in [3.05, 3.63) is 591 Å². The van der Waals surface area contributed by atoms with Crippen molar-refractivity contribution in [2.45, 2.75) is 35.5 Å². The molecule has 10 heteroatoms. The summed E-state index contributed by atoms with van der Waals surface area (Å²) in [5.74, 6) is 0.558. The van der Waals surface area contributed by atoms with Crippen LogP contribution < -0.4 is 9.80 Å². The summed E-state index contributed by atoms with van der Waals surface area (Å²) in [5, 5.41) is 29.8. The van der Waals surface area contributed by atoms with Gasteiger partial charge >= 0.3 is 0 Å². The smallest absolute Gasteiger partial charge is 0.195 e. The first kappa shape index (κ1) is 84.7. The number of nitrogens with zero attached hydrogens (tertiary/aromatic N) is 10. The van der Waals surface area contributed by atoms with Gasteiger partial charge in [-0.2, -0.15) is 5.26 Å². The fourth-order valence-corrected chi connectivity index (χ4v) is 26.0. The van der Waals surface area contributed by atoms with Gasteiger partial charge < -0.3 is 9.80 Å². The van der Waals surface area contributed by atoms with Crippen molar-refractivity contribution in [1.82, 2.24) is 29.9 Å². The minimum atomic E-state index is 0.0779. The number of rotatable bonds is 8. The molecule has 0 aliphatic heterocycles. The largest absolute Gasteiger partial charge is 0.310 e. The fourth-order valence-electron chi connectivity index (χ4n) is 26.0. The topological polar surface area (TPSA) is 112 Å². The molecule has 0 N–H and O–H groups in total. The quantitative estimate of drug-likeness (QED) is 0.108. The Bertz CT molecular complexity index is 9770. The van der Waals surface area contributed by atoms with E-state index in [2.05, 4.69) is 470 Å². The van der Waals surface area contributed by atoms with E-state index < -0.39 is 0 Å². The lowest BCUT2D eigenvalue weighted by Gasteiger charge is -2.40. The van der Waals surface area contributed by atoms with Gasteiger partial charge in [0.15, 0.2) is 5.69 Å². The van der Waals surface area contributed by atoms with Gasteiger partial charge in [-0.25, -0.2) is 34.7 Å². The number of hydrogen-bond donors (Lipinski definition) is 0. The van der Waals surface area contributed by atoms with E-state index in [0.29, 0.717) is 11.3 Å². The summed E-state index contributed by atoms with van der Waals surface area (Å²) in [4.78, 5) is 40.8. The zero-order chi connectivity index (χ0) is 98.6. The molecule has 0 fully saturated rings. The van der Waals surface area contributed by atoms with Crippen LogP contribution in [0.15, 0.2) is 473 Å². The predicted molar refractivity (Wildman–Crippen MR) is 612 cm³/mol. The van der Waals surface area contributed by atoms with Crippen LogP contribution in [0.1, 0.15) is 142 Å². The van der Waals surface area contributed by atoms with Crippen molar-refractivity contribution in [3.8, 4) is 28.3 Å². The maximum absolute atomic E-state index is 9.68. The van der Waals surface area contributed by atoms with Crippen molar-refractivity contribution in [1.29, 1.82) is 5.26 Å². The molecule has 0 amide bonds. The van der Waals surface area contributed by atoms with Gasteiger partial charge in [-0.15, -0.1) is 0 Å². The predicted octanol–water partition coefficient (Wildman–Crippen LogP) is 34.9. The average molecular weight is 1910 g/mol. The molecule has 9 aliphatic carbocycles. The van der Waals surface area contributed by atoms with E-state index in [1.165, 1.54) is 132 Å². The number of nitriles is 1. The van der Waals surface area contributed by atoms with Crippen LogP contribution in [0.25, 0.3) is 157 Å². The molecular formula is C140H84N10. The SMILES string of the molecule is [C-]#[N+]c1ccc(C#N)c2cc3cc4cc5nc6c(nc5cc4cc3cc12)C1c2ccccc2C6c2ccccc21.c1ccc(-c2ccc(-c3ccccc3)c3cc4cc5cc6nc7c(nc6cc5cc4cc23)C2c3ccccc3C7c3ccccc32)cc1.c1ccc(N(c2ccccc2)c2ccc(N(c3ccccc3)c3ccccc3)c3cc4cc5cc6nc7c(nc6cc5cc4cc23)C2c3ccccc3C7c3ccccc32)cc1. The van der Waals surface area contributed by atoms with Crippen molar-refractivity contribution in [2.24, 2.45) is 0 Å². The molecule has 0 atom stereocenters. The van der Waals surface area contributed by atoms with Crippen LogP contribution in [0, 0.1) is 17.9 Å². The summed E-state index contributed by atoms with van der Waals surface area (Å²) >= 11 is 0. The van der Waals surface area contributed by atoms with Crippen LogP contribution in [0.2, 0.25) is 0 Å². The number of benzene rings is 24. The molecular weight excluding hydrogens is 1820 g/mol. The van der Waals surface area contributed by atoms with E-state index in [1.807, 2.05) is 12.1 Å². The highest BCUT2D eigenvalue weighted by atomic mass is 15.2. The lowest BCUT2D eigenvalue weighted by atomic mass is 9.64. The molecule has 9 aliphatic rings. The summed E-state index contributed by atoms with van der Waals surface area (Å²) in [5.41, 5.74) is 41.0. The van der Waals surface area contributed by atoms with Gasteiger partial charge in [-0.3, -0.25) is 0 Å². The van der Waals surface area contributed by atoms with Crippen LogP contribution >= 0.6 is 0 Å². The Hall–Kier alpha value is -19.8. The van der Waals surface area contributed by atoms with E-state index in [-0.39, 0.29) is 35.5 Å². The number of fused-ring (bicyclic) bond motifs is 12. The van der Waals surface area contributed by atoms with Crippen molar-refractivity contribution in [3.63, 3.8) is 0 Å². The highest BCUT2D eigenvalue weighted by Gasteiger charge is 2.47. The Morgan fingerprint density at radius 2 is 0.407 bits per heavy atom. The average Bonchev–Trinajstić information content (AvgIpc) is 0.700. The second-order valence-electron chi connectivity index (χ2n) is 40.6. The molecule has 694 valence electrons. The third-order valence-corrected chi connectivity index (χ3v) is 32.5. The molecule has 6 bridgehead atoms. The van der Waals surface area contributed by atoms with Gasteiger partial charge in [-0.1, -0.05) is 309 Å². The van der Waals surface area contributed by atoms with Gasteiger partial charge in [0.2, 0.25) is 0 Å². The lowest BCUT2D eigenvalue weighted by molar-refractivity contribution is 0.709. The van der Waals surface area contributed by atoms with Crippen LogP contribution in [0.3, 0.4) is 0 Å². The van der Waals surface area contributed by atoms with Gasteiger partial charge in [-0.05, 0) is 339 Å². The van der Waals surface area contributed by atoms with Gasteiger partial charge in [0.05, 0.1) is 132 Å². The normalized spacial score (nSPS) is 15.6. The molecule has 3 heterocycles. The fraction of sp³-hybridized carbons (Fsp3) is 0.0429. The van der Waals surface area contributed by atoms with E-state index in [9.17, 15) is 5.26 Å². The molecule has 24 aromatic carbocycles. The summed E-state index contributed by atoms with van der Waals surface area (Å²) in [6, 6.07) is 173. The van der Waals surface area contributed by atoms with Crippen molar-refractivity contribution < 1.29 is 0 Å². The number of anilines is 6. The zero-order valence-electron chi connectivity index (χ0n) is 81.0. The Morgan fingerprint density at radius 3 is 0.640 bits per heavy atom. The molecule has 0 saturated heterocycles. The number of para-hydroxylation sites is 4. The molecule has 36 rings (SSSR count). The molecule has 0 radical (unpaired) electrons. The second kappa shape index (κ2) is 33.4. The number of aromatic nitrogens is 6. The Kier molecular flexibility index (Phi) is 18.9. The Labute approximate surface area is 863 Å². The summed E-state index contributed by atoms with van der Waals surface area (Å²) in [7, 11) is 0. The third kappa shape index (κ3) is 13.2. The maximum Gasteiger partial charge on any atom is 0.195 e. The standard InChI is InChI=1S/C58H38N4.C46H28N2.C36H18N4/c1-5-17-41(18-6-1)61(42-19-7-2-8-20-42)53-29-30-54(62(43-21-9-3-10-22-43)44-23-11-4-12-24-44)50-34-38-32-40-36-52-51(35-39(40)31-37(38)33-49(50)53)59-57-55-45-25-13-15-27-47(45)56(58(57)60-52)48-28-16-14-26-46(48)55;1-3-11-27(12-4-1)33-19-20-34(28-13-5-2-6-14-28)40-24-30-22-32-26-42-41(25-31(32)21-29(30)23-39(33)40)47-45-43-35-15-7-9-17-37(35)44(46(45)48-42)38-18-10-8-16-36(38)43;1-38-30-11-10-19(18-37)28-14-20-12-22-16-31-32(17-23(22)13-21(20)15-29(28)30)40-36-34-26-8-4-2-6-24(26)33(35(36)39-31)25-7-3-5-9-27(25)34/h1-36,55-56H;1-26,43-44H;2-17,33-34H. The lowest BCUT2D eigenvalue weighted by Crippen LogP contribution is -2.29. The minimum absolute atomic E-state index is 0.0779. The molecule has 0 saturated carbocycles. The summed E-state index contributed by atoms with van der Waals surface area (Å²) in [6.45, 7) is 7.61. The first-order valence-electron chi connectivity index (χ1n) is 51.4. The highest BCUT2D eigenvalue weighted by Crippen LogP contribution is 2.60. The minimum Gasteiger partial charge on any atom is -0.310 e. The third-order valence-electron chi connectivity index (χ3n) is 32.5. The molecule has 150 heavy (non-hydrogen) atoms. The van der Waals surface area contributed by atoms with Gasteiger partial charge in [0.25, 0.3) is 0 Å². The summed E-state index contributed by atoms with van der Waals surface area (Å²) < 4.78 is 0. The Balaban J connectivity index is 0.000000104. The first-order chi connectivity index (χ1) is 74.2. The molecule has 3 aromatic heterocycles. The van der Waals surface area contributed by atoms with Gasteiger partial charge in [0.1, 0.15) is 0 Å². The second-order valence-corrected chi connectivity index (χ2v) is 40.6. The van der Waals surface area contributed by atoms with Crippen LogP contribution in [0.4, 0.5) is 39.8 Å². The van der Waals surface area contributed by atoms with Crippen molar-refractivity contribution in [2.75, 3.05) is 9.80 Å². The maximum atomic E-state index is 9.68. The first-order valence-corrected chi connectivity index (χ1v) is 51.4. The highest BCUT2D eigenvalue weighted by molar-refractivity contribution is 6.18. The van der Waals surface area contributed by atoms with Crippen LogP contribution in [0.5, 0.6) is 0 Å². The van der Waals surface area contributed by atoms with E-state index >= 15 is 0 Å². The van der Waals surface area contributed by atoms with E-state index in [4.69, 9.17) is 36.5 Å². The zero-order valence-corrected chi connectivity index (χ0v) is 81.0. The van der Waals surface area contributed by atoms with E-state index in [0.717, 1.165) is 155 Å². The molecule has 0 unspecified atom stereocenters. The Morgan fingerprint density at radius 1 is 0.200 bits per heavy atom. The van der Waals surface area contributed by atoms with Crippen LogP contribution in [-0.2, 0) is 0 Å². The molecule has 0 spiro atoms. The summed E-state index contributed by atoms with van der Waals surface area (Å²) in [6.07, 6.45) is 0. The van der Waals surface area contributed by atoms with Crippen LogP contribution in [-0.4, -0.2) is 29.9 Å². The number of hydrogen-bond acceptors (Lipinski definition) is 9. The van der Waals surface area contributed by atoms with Gasteiger partial charge in [0, 0.05) is 33.5 Å². The monoisotopic (exact) mass is 1900 g/mol. The van der Waals surface area contributed by atoms with E-state index in [1.54, 1.807) is 12.1 Å². The van der Waals surface area contributed by atoms with Crippen molar-refractivity contribution >= 4 is 170 Å². The molecule has 10 nitrogen and oxygen atoms in total. The molecule has 27 aromatic rings.